The Hall–Kier alpha value is -2.49. The number of carbonyl (C=O) groups excluding carboxylic acids is 1. The molecule has 108 valence electrons. The van der Waals surface area contributed by atoms with E-state index >= 15 is 0 Å². The minimum atomic E-state index is -0.0667. The van der Waals surface area contributed by atoms with Crippen molar-refractivity contribution in [1.82, 2.24) is 5.32 Å². The van der Waals surface area contributed by atoms with Gasteiger partial charge in [-0.15, -0.1) is 0 Å². The van der Waals surface area contributed by atoms with Crippen LogP contribution in [-0.4, -0.2) is 19.1 Å². The van der Waals surface area contributed by atoms with Crippen molar-refractivity contribution in [2.75, 3.05) is 13.2 Å². The number of nitrogens with one attached hydrogen (secondary N) is 1. The number of ether oxygens (including phenoxy) is 2. The number of aryl methyl sites for hydroxylation is 1. The van der Waals surface area contributed by atoms with E-state index in [0.717, 1.165) is 22.6 Å². The van der Waals surface area contributed by atoms with E-state index in [9.17, 15) is 4.79 Å². The third kappa shape index (κ3) is 2.99. The van der Waals surface area contributed by atoms with Gasteiger partial charge in [-0.3, -0.25) is 4.79 Å². The molecule has 2 aromatic rings. The number of amides is 1. The first-order valence-corrected chi connectivity index (χ1v) is 6.96. The maximum atomic E-state index is 12.2. The lowest BCUT2D eigenvalue weighted by Gasteiger charge is -2.19. The minimum absolute atomic E-state index is 0.0667. The van der Waals surface area contributed by atoms with Gasteiger partial charge in [0.2, 0.25) is 0 Å². The lowest BCUT2D eigenvalue weighted by molar-refractivity contribution is 0.0950. The van der Waals surface area contributed by atoms with Gasteiger partial charge in [-0.2, -0.15) is 0 Å². The summed E-state index contributed by atoms with van der Waals surface area (Å²) in [4.78, 5) is 12.2. The first-order chi connectivity index (χ1) is 10.2. The molecular formula is C17H17NO3. The van der Waals surface area contributed by atoms with E-state index < -0.39 is 0 Å². The quantitative estimate of drug-likeness (QED) is 0.942. The largest absolute Gasteiger partial charge is 0.486 e. The molecule has 0 atom stereocenters. The second-order valence-electron chi connectivity index (χ2n) is 4.98. The fourth-order valence-electron chi connectivity index (χ4n) is 2.30. The predicted octanol–water partition coefficient (Wildman–Crippen LogP) is 2.70. The van der Waals surface area contributed by atoms with Crippen molar-refractivity contribution < 1.29 is 14.3 Å². The average Bonchev–Trinajstić information content (AvgIpc) is 2.53. The molecule has 1 N–H and O–H groups in total. The minimum Gasteiger partial charge on any atom is -0.486 e. The van der Waals surface area contributed by atoms with Crippen molar-refractivity contribution in [2.24, 2.45) is 0 Å². The molecule has 1 aliphatic heterocycles. The monoisotopic (exact) mass is 283 g/mol. The molecule has 0 unspecified atom stereocenters. The summed E-state index contributed by atoms with van der Waals surface area (Å²) in [6.45, 7) is 3.53. The predicted molar refractivity (Wildman–Crippen MR) is 79.8 cm³/mol. The highest BCUT2D eigenvalue weighted by Crippen LogP contribution is 2.30. The maximum absolute atomic E-state index is 12.2. The zero-order valence-corrected chi connectivity index (χ0v) is 11.9. The molecule has 1 amide bonds. The highest BCUT2D eigenvalue weighted by molar-refractivity contribution is 5.95. The van der Waals surface area contributed by atoms with E-state index in [1.165, 1.54) is 0 Å². The fourth-order valence-corrected chi connectivity index (χ4v) is 2.30. The van der Waals surface area contributed by atoms with Gasteiger partial charge in [-0.05, 0) is 36.2 Å². The van der Waals surface area contributed by atoms with Crippen molar-refractivity contribution in [3.05, 3.63) is 59.2 Å². The van der Waals surface area contributed by atoms with Gasteiger partial charge >= 0.3 is 0 Å². The normalized spacial score (nSPS) is 12.8. The fraction of sp³-hybridized carbons (Fsp3) is 0.235. The summed E-state index contributed by atoms with van der Waals surface area (Å²) in [7, 11) is 0. The molecule has 0 aliphatic carbocycles. The summed E-state index contributed by atoms with van der Waals surface area (Å²) < 4.78 is 11.0. The zero-order valence-electron chi connectivity index (χ0n) is 11.9. The van der Waals surface area contributed by atoms with Crippen LogP contribution in [0.3, 0.4) is 0 Å². The molecule has 1 aliphatic rings. The molecule has 0 fully saturated rings. The second-order valence-corrected chi connectivity index (χ2v) is 4.98. The van der Waals surface area contributed by atoms with Gasteiger partial charge in [0.15, 0.2) is 11.5 Å². The first-order valence-electron chi connectivity index (χ1n) is 6.96. The topological polar surface area (TPSA) is 47.6 Å². The van der Waals surface area contributed by atoms with Crippen LogP contribution in [-0.2, 0) is 6.54 Å². The Morgan fingerprint density at radius 3 is 2.67 bits per heavy atom. The first kappa shape index (κ1) is 13.5. The zero-order chi connectivity index (χ0) is 14.7. The highest BCUT2D eigenvalue weighted by Gasteiger charge is 2.12. The van der Waals surface area contributed by atoms with Crippen LogP contribution in [0.1, 0.15) is 21.5 Å². The third-order valence-corrected chi connectivity index (χ3v) is 3.45. The molecule has 0 saturated carbocycles. The number of hydrogen-bond acceptors (Lipinski definition) is 3. The van der Waals surface area contributed by atoms with Crippen LogP contribution in [0.2, 0.25) is 0 Å². The molecule has 4 nitrogen and oxygen atoms in total. The van der Waals surface area contributed by atoms with Gasteiger partial charge < -0.3 is 14.8 Å². The molecule has 0 spiro atoms. The van der Waals surface area contributed by atoms with E-state index in [-0.39, 0.29) is 5.91 Å². The molecule has 2 aromatic carbocycles. The molecular weight excluding hydrogens is 266 g/mol. The lowest BCUT2D eigenvalue weighted by Crippen LogP contribution is -2.23. The number of rotatable bonds is 3. The summed E-state index contributed by atoms with van der Waals surface area (Å²) in [6.07, 6.45) is 0. The maximum Gasteiger partial charge on any atom is 0.251 e. The van der Waals surface area contributed by atoms with Crippen molar-refractivity contribution in [3.63, 3.8) is 0 Å². The lowest BCUT2D eigenvalue weighted by atomic mass is 10.1. The molecule has 0 bridgehead atoms. The van der Waals surface area contributed by atoms with E-state index in [1.807, 2.05) is 49.4 Å². The highest BCUT2D eigenvalue weighted by atomic mass is 16.6. The van der Waals surface area contributed by atoms with Crippen LogP contribution in [0.15, 0.2) is 42.5 Å². The van der Waals surface area contributed by atoms with Gasteiger partial charge in [-0.25, -0.2) is 0 Å². The number of fused-ring (bicyclic) bond motifs is 1. The summed E-state index contributed by atoms with van der Waals surface area (Å²) in [5.74, 6) is 1.43. The molecule has 1 heterocycles. The Kier molecular flexibility index (Phi) is 3.77. The van der Waals surface area contributed by atoms with Crippen LogP contribution in [0, 0.1) is 6.92 Å². The standard InChI is InChI=1S/C17H17NO3/c1-12-4-2-3-5-14(12)17(19)18-11-13-6-7-15-16(10-13)21-9-8-20-15/h2-7,10H,8-9,11H2,1H3,(H,18,19). The van der Waals surface area contributed by atoms with Crippen LogP contribution in [0.25, 0.3) is 0 Å². The molecule has 0 saturated heterocycles. The van der Waals surface area contributed by atoms with Crippen LogP contribution in [0.5, 0.6) is 11.5 Å². The Bertz CT molecular complexity index is 667. The van der Waals surface area contributed by atoms with E-state index in [4.69, 9.17) is 9.47 Å². The molecule has 21 heavy (non-hydrogen) atoms. The molecule has 0 radical (unpaired) electrons. The van der Waals surface area contributed by atoms with Crippen molar-refractivity contribution in [3.8, 4) is 11.5 Å². The summed E-state index contributed by atoms with van der Waals surface area (Å²) in [6, 6.07) is 13.3. The van der Waals surface area contributed by atoms with Gasteiger partial charge in [0.1, 0.15) is 13.2 Å². The van der Waals surface area contributed by atoms with Gasteiger partial charge in [0.05, 0.1) is 0 Å². The molecule has 4 heteroatoms. The van der Waals surface area contributed by atoms with E-state index in [0.29, 0.717) is 25.3 Å². The van der Waals surface area contributed by atoms with Gasteiger partial charge in [0, 0.05) is 12.1 Å². The number of carbonyl (C=O) groups is 1. The summed E-state index contributed by atoms with van der Waals surface area (Å²) in [5, 5.41) is 2.93. The molecule has 3 rings (SSSR count). The van der Waals surface area contributed by atoms with Crippen LogP contribution >= 0.6 is 0 Å². The van der Waals surface area contributed by atoms with E-state index in [2.05, 4.69) is 5.32 Å². The van der Waals surface area contributed by atoms with Crippen molar-refractivity contribution in [2.45, 2.75) is 13.5 Å². The Morgan fingerprint density at radius 2 is 1.86 bits per heavy atom. The van der Waals surface area contributed by atoms with Crippen molar-refractivity contribution in [1.29, 1.82) is 0 Å². The Morgan fingerprint density at radius 1 is 1.10 bits per heavy atom. The van der Waals surface area contributed by atoms with Crippen LogP contribution < -0.4 is 14.8 Å². The van der Waals surface area contributed by atoms with Gasteiger partial charge in [0.25, 0.3) is 5.91 Å². The summed E-state index contributed by atoms with van der Waals surface area (Å²) in [5.41, 5.74) is 2.66. The number of hydrogen-bond donors (Lipinski definition) is 1. The molecule has 0 aromatic heterocycles. The summed E-state index contributed by atoms with van der Waals surface area (Å²) >= 11 is 0. The third-order valence-electron chi connectivity index (χ3n) is 3.45. The van der Waals surface area contributed by atoms with Crippen molar-refractivity contribution >= 4 is 5.91 Å². The Labute approximate surface area is 123 Å². The second kappa shape index (κ2) is 5.87. The number of benzene rings is 2. The average molecular weight is 283 g/mol. The van der Waals surface area contributed by atoms with E-state index in [1.54, 1.807) is 0 Å². The van der Waals surface area contributed by atoms with Crippen LogP contribution in [0.4, 0.5) is 0 Å². The SMILES string of the molecule is Cc1ccccc1C(=O)NCc1ccc2c(c1)OCCO2. The van der Waals surface area contributed by atoms with Gasteiger partial charge in [-0.1, -0.05) is 24.3 Å². The smallest absolute Gasteiger partial charge is 0.251 e. The Balaban J connectivity index is 1.68.